The topological polar surface area (TPSA) is 66.5 Å². The lowest BCUT2D eigenvalue weighted by Crippen LogP contribution is -2.37. The van der Waals surface area contributed by atoms with Crippen molar-refractivity contribution < 1.29 is 14.4 Å². The standard InChI is InChI=1S/C15H20N2O3/c1-4-8-17(12(3)19)10-15(20)16-14-7-5-6-13(9-14)11(2)18/h5-7,9H,4,8,10H2,1-3H3,(H,16,20). The van der Waals surface area contributed by atoms with Crippen molar-refractivity contribution in [1.82, 2.24) is 4.90 Å². The van der Waals surface area contributed by atoms with Gasteiger partial charge in [-0.15, -0.1) is 0 Å². The van der Waals surface area contributed by atoms with Gasteiger partial charge in [0, 0.05) is 24.7 Å². The van der Waals surface area contributed by atoms with Crippen LogP contribution in [0.25, 0.3) is 0 Å². The number of anilines is 1. The molecule has 5 heteroatoms. The zero-order chi connectivity index (χ0) is 15.1. The Labute approximate surface area is 119 Å². The molecule has 20 heavy (non-hydrogen) atoms. The molecule has 0 bridgehead atoms. The minimum absolute atomic E-state index is 0.0213. The Balaban J connectivity index is 2.68. The first kappa shape index (κ1) is 15.9. The highest BCUT2D eigenvalue weighted by atomic mass is 16.2. The Morgan fingerprint density at radius 2 is 1.90 bits per heavy atom. The molecule has 0 atom stereocenters. The van der Waals surface area contributed by atoms with Gasteiger partial charge in [0.1, 0.15) is 0 Å². The molecule has 2 amide bonds. The van der Waals surface area contributed by atoms with Crippen molar-refractivity contribution in [3.05, 3.63) is 29.8 Å². The van der Waals surface area contributed by atoms with Crippen LogP contribution in [0.3, 0.4) is 0 Å². The Kier molecular flexibility index (Phi) is 5.90. The maximum absolute atomic E-state index is 11.9. The molecule has 0 aliphatic carbocycles. The van der Waals surface area contributed by atoms with Gasteiger partial charge in [0.25, 0.3) is 0 Å². The molecule has 0 saturated heterocycles. The maximum atomic E-state index is 11.9. The first-order valence-electron chi connectivity index (χ1n) is 6.60. The molecular weight excluding hydrogens is 256 g/mol. The average Bonchev–Trinajstić information content (AvgIpc) is 2.38. The summed E-state index contributed by atoms with van der Waals surface area (Å²) in [6.07, 6.45) is 0.798. The number of amides is 2. The zero-order valence-corrected chi connectivity index (χ0v) is 12.1. The lowest BCUT2D eigenvalue weighted by molar-refractivity contribution is -0.132. The van der Waals surface area contributed by atoms with Crippen molar-refractivity contribution in [3.63, 3.8) is 0 Å². The fourth-order valence-corrected chi connectivity index (χ4v) is 1.81. The Morgan fingerprint density at radius 3 is 2.45 bits per heavy atom. The first-order valence-corrected chi connectivity index (χ1v) is 6.60. The molecule has 108 valence electrons. The van der Waals surface area contributed by atoms with Crippen LogP contribution in [0, 0.1) is 0 Å². The van der Waals surface area contributed by atoms with Gasteiger partial charge in [-0.25, -0.2) is 0 Å². The minimum atomic E-state index is -0.269. The van der Waals surface area contributed by atoms with Crippen LogP contribution in [0.2, 0.25) is 0 Å². The lowest BCUT2D eigenvalue weighted by Gasteiger charge is -2.19. The van der Waals surface area contributed by atoms with E-state index in [-0.39, 0.29) is 24.1 Å². The second kappa shape index (κ2) is 7.43. The van der Waals surface area contributed by atoms with Gasteiger partial charge in [0.05, 0.1) is 6.54 Å². The van der Waals surface area contributed by atoms with E-state index in [0.717, 1.165) is 6.42 Å². The fourth-order valence-electron chi connectivity index (χ4n) is 1.81. The van der Waals surface area contributed by atoms with Gasteiger partial charge < -0.3 is 10.2 Å². The van der Waals surface area contributed by atoms with Crippen molar-refractivity contribution in [2.45, 2.75) is 27.2 Å². The summed E-state index contributed by atoms with van der Waals surface area (Å²) in [6.45, 7) is 5.44. The van der Waals surface area contributed by atoms with E-state index in [1.165, 1.54) is 18.7 Å². The summed E-state index contributed by atoms with van der Waals surface area (Å²) in [5, 5.41) is 2.70. The smallest absolute Gasteiger partial charge is 0.243 e. The molecule has 0 heterocycles. The van der Waals surface area contributed by atoms with E-state index in [0.29, 0.717) is 17.8 Å². The normalized spacial score (nSPS) is 9.95. The Hall–Kier alpha value is -2.17. The van der Waals surface area contributed by atoms with E-state index >= 15 is 0 Å². The van der Waals surface area contributed by atoms with Gasteiger partial charge in [0.2, 0.25) is 11.8 Å². The molecule has 0 unspecified atom stereocenters. The third kappa shape index (κ3) is 4.84. The number of Topliss-reactive ketones (excluding diaryl/α,β-unsaturated/α-hetero) is 1. The monoisotopic (exact) mass is 276 g/mol. The molecular formula is C15H20N2O3. The number of nitrogens with one attached hydrogen (secondary N) is 1. The number of rotatable bonds is 6. The first-order chi connectivity index (χ1) is 9.43. The second-order valence-electron chi connectivity index (χ2n) is 4.63. The zero-order valence-electron chi connectivity index (χ0n) is 12.1. The summed E-state index contributed by atoms with van der Waals surface area (Å²) in [5.74, 6) is -0.453. The van der Waals surface area contributed by atoms with Gasteiger partial charge in [-0.1, -0.05) is 19.1 Å². The van der Waals surface area contributed by atoms with Crippen LogP contribution in [-0.2, 0) is 9.59 Å². The molecule has 5 nitrogen and oxygen atoms in total. The third-order valence-electron chi connectivity index (χ3n) is 2.83. The highest BCUT2D eigenvalue weighted by Gasteiger charge is 2.13. The van der Waals surface area contributed by atoms with Crippen molar-refractivity contribution in [1.29, 1.82) is 0 Å². The molecule has 0 aliphatic heterocycles. The van der Waals surface area contributed by atoms with E-state index in [9.17, 15) is 14.4 Å². The molecule has 0 fully saturated rings. The van der Waals surface area contributed by atoms with Gasteiger partial charge in [0.15, 0.2) is 5.78 Å². The summed E-state index contributed by atoms with van der Waals surface area (Å²) in [4.78, 5) is 36.0. The predicted molar refractivity (Wildman–Crippen MR) is 77.6 cm³/mol. The van der Waals surface area contributed by atoms with E-state index in [1.54, 1.807) is 24.3 Å². The molecule has 0 saturated carbocycles. The van der Waals surface area contributed by atoms with Crippen LogP contribution in [0.5, 0.6) is 0 Å². The van der Waals surface area contributed by atoms with Gasteiger partial charge in [-0.3, -0.25) is 14.4 Å². The maximum Gasteiger partial charge on any atom is 0.243 e. The van der Waals surface area contributed by atoms with Crippen LogP contribution in [-0.4, -0.2) is 35.6 Å². The van der Waals surface area contributed by atoms with Crippen LogP contribution in [0.15, 0.2) is 24.3 Å². The predicted octanol–water partition coefficient (Wildman–Crippen LogP) is 2.09. The van der Waals surface area contributed by atoms with Gasteiger partial charge in [-0.05, 0) is 25.5 Å². The molecule has 1 N–H and O–H groups in total. The van der Waals surface area contributed by atoms with E-state index in [4.69, 9.17) is 0 Å². The summed E-state index contributed by atoms with van der Waals surface area (Å²) >= 11 is 0. The number of nitrogens with zero attached hydrogens (tertiary/aromatic N) is 1. The quantitative estimate of drug-likeness (QED) is 0.809. The van der Waals surface area contributed by atoms with Gasteiger partial charge >= 0.3 is 0 Å². The summed E-state index contributed by atoms with van der Waals surface area (Å²) in [7, 11) is 0. The number of ketones is 1. The average molecular weight is 276 g/mol. The number of carbonyl (C=O) groups excluding carboxylic acids is 3. The van der Waals surface area contributed by atoms with Crippen molar-refractivity contribution in [3.8, 4) is 0 Å². The molecule has 0 aromatic heterocycles. The van der Waals surface area contributed by atoms with Crippen LogP contribution in [0.1, 0.15) is 37.6 Å². The molecule has 1 aromatic carbocycles. The molecule has 0 radical (unpaired) electrons. The van der Waals surface area contributed by atoms with Gasteiger partial charge in [-0.2, -0.15) is 0 Å². The second-order valence-corrected chi connectivity index (χ2v) is 4.63. The Morgan fingerprint density at radius 1 is 1.20 bits per heavy atom. The highest BCUT2D eigenvalue weighted by molar-refractivity contribution is 5.98. The Bertz CT molecular complexity index is 512. The fraction of sp³-hybridized carbons (Fsp3) is 0.400. The summed E-state index contributed by atoms with van der Waals surface area (Å²) in [5.41, 5.74) is 1.10. The SMILES string of the molecule is CCCN(CC(=O)Nc1cccc(C(C)=O)c1)C(C)=O. The van der Waals surface area contributed by atoms with E-state index in [1.807, 2.05) is 6.92 Å². The van der Waals surface area contributed by atoms with Crippen LogP contribution in [0.4, 0.5) is 5.69 Å². The highest BCUT2D eigenvalue weighted by Crippen LogP contribution is 2.11. The molecule has 0 aliphatic rings. The van der Waals surface area contributed by atoms with Crippen LogP contribution < -0.4 is 5.32 Å². The van der Waals surface area contributed by atoms with Crippen molar-refractivity contribution in [2.75, 3.05) is 18.4 Å². The molecule has 0 spiro atoms. The minimum Gasteiger partial charge on any atom is -0.334 e. The molecule has 1 rings (SSSR count). The van der Waals surface area contributed by atoms with Crippen LogP contribution >= 0.6 is 0 Å². The summed E-state index contributed by atoms with van der Waals surface area (Å²) < 4.78 is 0. The lowest BCUT2D eigenvalue weighted by atomic mass is 10.1. The number of benzene rings is 1. The van der Waals surface area contributed by atoms with E-state index in [2.05, 4.69) is 5.32 Å². The number of hydrogen-bond acceptors (Lipinski definition) is 3. The van der Waals surface area contributed by atoms with E-state index < -0.39 is 0 Å². The number of carbonyl (C=O) groups is 3. The molecule has 1 aromatic rings. The summed E-state index contributed by atoms with van der Waals surface area (Å²) in [6, 6.07) is 6.73. The van der Waals surface area contributed by atoms with Crippen molar-refractivity contribution in [2.24, 2.45) is 0 Å². The van der Waals surface area contributed by atoms with Crippen molar-refractivity contribution >= 4 is 23.3 Å². The largest absolute Gasteiger partial charge is 0.334 e. The third-order valence-corrected chi connectivity index (χ3v) is 2.83. The number of hydrogen-bond donors (Lipinski definition) is 1.